The molecule has 2 aromatic heterocycles. The molecular weight excluding hydrogens is 250 g/mol. The average molecular weight is 267 g/mol. The van der Waals surface area contributed by atoms with Crippen LogP contribution in [0.5, 0.6) is 0 Å². The summed E-state index contributed by atoms with van der Waals surface area (Å²) in [4.78, 5) is 15.4. The summed E-state index contributed by atoms with van der Waals surface area (Å²) in [6.07, 6.45) is 1.77. The molecule has 2 heterocycles. The summed E-state index contributed by atoms with van der Waals surface area (Å²) in [6.45, 7) is 6.15. The van der Waals surface area contributed by atoms with Crippen LogP contribution in [0.25, 0.3) is 22.2 Å². The van der Waals surface area contributed by atoms with E-state index in [1.54, 1.807) is 6.20 Å². The second kappa shape index (κ2) is 4.34. The van der Waals surface area contributed by atoms with Crippen LogP contribution in [0.1, 0.15) is 26.3 Å². The average Bonchev–Trinajstić information content (AvgIpc) is 2.84. The van der Waals surface area contributed by atoms with Gasteiger partial charge in [0.1, 0.15) is 5.65 Å². The van der Waals surface area contributed by atoms with Gasteiger partial charge in [-0.25, -0.2) is 0 Å². The predicted octanol–water partition coefficient (Wildman–Crippen LogP) is 3.22. The number of hydrogen-bond acceptors (Lipinski definition) is 2. The van der Waals surface area contributed by atoms with Gasteiger partial charge in [-0.15, -0.1) is 0 Å². The summed E-state index contributed by atoms with van der Waals surface area (Å²) in [7, 11) is 0. The van der Waals surface area contributed by atoms with Gasteiger partial charge < -0.3 is 4.98 Å². The van der Waals surface area contributed by atoms with E-state index in [4.69, 9.17) is 0 Å². The number of rotatable bonds is 1. The number of H-pyrrole nitrogens is 2. The Balaban J connectivity index is 2.49. The van der Waals surface area contributed by atoms with Gasteiger partial charge in [0.05, 0.1) is 6.20 Å². The van der Waals surface area contributed by atoms with E-state index in [0.717, 1.165) is 22.1 Å². The van der Waals surface area contributed by atoms with Crippen LogP contribution in [0.4, 0.5) is 0 Å². The third kappa shape index (κ3) is 1.93. The van der Waals surface area contributed by atoms with E-state index in [1.807, 2.05) is 30.3 Å². The van der Waals surface area contributed by atoms with Crippen molar-refractivity contribution in [3.8, 4) is 11.1 Å². The monoisotopic (exact) mass is 267 g/mol. The van der Waals surface area contributed by atoms with E-state index >= 15 is 0 Å². The number of aromatic nitrogens is 3. The van der Waals surface area contributed by atoms with Crippen molar-refractivity contribution in [3.63, 3.8) is 0 Å². The van der Waals surface area contributed by atoms with Crippen molar-refractivity contribution in [2.75, 3.05) is 0 Å². The Morgan fingerprint density at radius 1 is 1.10 bits per heavy atom. The summed E-state index contributed by atoms with van der Waals surface area (Å²) in [5.41, 5.74) is 3.15. The number of fused-ring (bicyclic) bond motifs is 1. The lowest BCUT2D eigenvalue weighted by molar-refractivity contribution is 0.584. The Labute approximate surface area is 116 Å². The summed E-state index contributed by atoms with van der Waals surface area (Å²) in [5.74, 6) is 0. The fourth-order valence-electron chi connectivity index (χ4n) is 2.62. The third-order valence-corrected chi connectivity index (χ3v) is 3.44. The smallest absolute Gasteiger partial charge is 0.253 e. The Hall–Kier alpha value is -2.36. The van der Waals surface area contributed by atoms with Gasteiger partial charge in [-0.1, -0.05) is 51.1 Å². The van der Waals surface area contributed by atoms with Crippen LogP contribution in [0.2, 0.25) is 0 Å². The van der Waals surface area contributed by atoms with Crippen LogP contribution in [0.3, 0.4) is 0 Å². The molecule has 0 saturated heterocycles. The molecule has 1 aromatic carbocycles. The Morgan fingerprint density at radius 2 is 1.80 bits per heavy atom. The molecule has 4 heteroatoms. The van der Waals surface area contributed by atoms with Crippen molar-refractivity contribution >= 4 is 11.0 Å². The minimum Gasteiger partial charge on any atom is -0.307 e. The van der Waals surface area contributed by atoms with Gasteiger partial charge in [0.15, 0.2) is 0 Å². The van der Waals surface area contributed by atoms with Crippen molar-refractivity contribution < 1.29 is 0 Å². The number of hydrogen-bond donors (Lipinski definition) is 2. The second-order valence-corrected chi connectivity index (χ2v) is 5.98. The first-order valence-electron chi connectivity index (χ1n) is 6.64. The van der Waals surface area contributed by atoms with E-state index in [9.17, 15) is 4.79 Å². The number of nitrogens with one attached hydrogen (secondary N) is 2. The van der Waals surface area contributed by atoms with Crippen LogP contribution < -0.4 is 5.56 Å². The molecule has 3 aromatic rings. The fraction of sp³-hybridized carbons (Fsp3) is 0.250. The zero-order valence-electron chi connectivity index (χ0n) is 11.8. The largest absolute Gasteiger partial charge is 0.307 e. The Bertz CT molecular complexity index is 807. The van der Waals surface area contributed by atoms with Crippen LogP contribution in [0.15, 0.2) is 41.3 Å². The van der Waals surface area contributed by atoms with E-state index in [-0.39, 0.29) is 11.0 Å². The molecule has 0 saturated carbocycles. The van der Waals surface area contributed by atoms with Gasteiger partial charge in [0, 0.05) is 16.5 Å². The maximum atomic E-state index is 12.5. The molecule has 2 N–H and O–H groups in total. The van der Waals surface area contributed by atoms with E-state index in [1.165, 1.54) is 0 Å². The number of pyridine rings is 1. The zero-order valence-corrected chi connectivity index (χ0v) is 11.8. The van der Waals surface area contributed by atoms with Crippen molar-refractivity contribution in [1.29, 1.82) is 0 Å². The maximum Gasteiger partial charge on any atom is 0.253 e. The SMILES string of the molecule is CC(C)(C)c1c(-c2ccccc2)c2cn[nH]c2[nH]c1=O. The van der Waals surface area contributed by atoms with Gasteiger partial charge in [-0.05, 0) is 11.0 Å². The number of aromatic amines is 2. The third-order valence-electron chi connectivity index (χ3n) is 3.44. The molecule has 0 aliphatic rings. The summed E-state index contributed by atoms with van der Waals surface area (Å²) >= 11 is 0. The molecule has 0 amide bonds. The normalized spacial score (nSPS) is 11.9. The fourth-order valence-corrected chi connectivity index (χ4v) is 2.62. The van der Waals surface area contributed by atoms with E-state index in [0.29, 0.717) is 5.65 Å². The Morgan fingerprint density at radius 3 is 2.45 bits per heavy atom. The molecule has 0 radical (unpaired) electrons. The molecule has 0 aliphatic heterocycles. The minimum atomic E-state index is -0.246. The van der Waals surface area contributed by atoms with Gasteiger partial charge in [0.2, 0.25) is 0 Å². The van der Waals surface area contributed by atoms with E-state index in [2.05, 4.69) is 36.0 Å². The molecule has 0 spiro atoms. The topological polar surface area (TPSA) is 61.5 Å². The van der Waals surface area contributed by atoms with Gasteiger partial charge in [0.25, 0.3) is 5.56 Å². The van der Waals surface area contributed by atoms with Gasteiger partial charge >= 0.3 is 0 Å². The van der Waals surface area contributed by atoms with Crippen molar-refractivity contribution in [2.45, 2.75) is 26.2 Å². The molecule has 0 aliphatic carbocycles. The van der Waals surface area contributed by atoms with Gasteiger partial charge in [-0.3, -0.25) is 9.89 Å². The number of nitrogens with zero attached hydrogens (tertiary/aromatic N) is 1. The first-order valence-corrected chi connectivity index (χ1v) is 6.64. The van der Waals surface area contributed by atoms with Crippen LogP contribution in [0, 0.1) is 0 Å². The molecule has 20 heavy (non-hydrogen) atoms. The molecule has 0 unspecified atom stereocenters. The zero-order chi connectivity index (χ0) is 14.3. The molecule has 102 valence electrons. The minimum absolute atomic E-state index is 0.0619. The van der Waals surface area contributed by atoms with Crippen molar-refractivity contribution in [3.05, 3.63) is 52.4 Å². The lowest BCUT2D eigenvalue weighted by Crippen LogP contribution is -2.26. The van der Waals surface area contributed by atoms with Crippen LogP contribution in [-0.2, 0) is 5.41 Å². The maximum absolute atomic E-state index is 12.5. The van der Waals surface area contributed by atoms with Gasteiger partial charge in [-0.2, -0.15) is 5.10 Å². The first-order chi connectivity index (χ1) is 9.48. The molecule has 3 rings (SSSR count). The second-order valence-electron chi connectivity index (χ2n) is 5.98. The van der Waals surface area contributed by atoms with Crippen molar-refractivity contribution in [1.82, 2.24) is 15.2 Å². The summed E-state index contributed by atoms with van der Waals surface area (Å²) < 4.78 is 0. The number of benzene rings is 1. The highest BCUT2D eigenvalue weighted by Gasteiger charge is 2.25. The highest BCUT2D eigenvalue weighted by atomic mass is 16.1. The highest BCUT2D eigenvalue weighted by molar-refractivity contribution is 5.94. The van der Waals surface area contributed by atoms with Crippen LogP contribution in [-0.4, -0.2) is 15.2 Å². The summed E-state index contributed by atoms with van der Waals surface area (Å²) in [6, 6.07) is 9.98. The predicted molar refractivity (Wildman–Crippen MR) is 80.9 cm³/mol. The van der Waals surface area contributed by atoms with Crippen LogP contribution >= 0.6 is 0 Å². The summed E-state index contributed by atoms with van der Waals surface area (Å²) in [5, 5.41) is 7.85. The van der Waals surface area contributed by atoms with E-state index < -0.39 is 0 Å². The lowest BCUT2D eigenvalue weighted by atomic mass is 9.82. The highest BCUT2D eigenvalue weighted by Crippen LogP contribution is 2.34. The molecule has 0 atom stereocenters. The standard InChI is InChI=1S/C16H17N3O/c1-16(2,3)13-12(10-7-5-4-6-8-10)11-9-17-19-14(11)18-15(13)20/h4-9H,1-3H3,(H2,17,18,19,20). The molecular formula is C16H17N3O. The van der Waals surface area contributed by atoms with Crippen molar-refractivity contribution in [2.24, 2.45) is 0 Å². The molecule has 0 bridgehead atoms. The Kier molecular flexibility index (Phi) is 2.74. The lowest BCUT2D eigenvalue weighted by Gasteiger charge is -2.22. The molecule has 4 nitrogen and oxygen atoms in total. The quantitative estimate of drug-likeness (QED) is 0.711. The molecule has 0 fully saturated rings. The first kappa shape index (κ1) is 12.7.